The summed E-state index contributed by atoms with van der Waals surface area (Å²) in [6, 6.07) is 19.8. The quantitative estimate of drug-likeness (QED) is 0.771. The number of nitrogens with one attached hydrogen (secondary N) is 1. The first kappa shape index (κ1) is 15.4. The molecule has 124 valence electrons. The van der Waals surface area contributed by atoms with E-state index < -0.39 is 0 Å². The molecule has 1 amide bonds. The van der Waals surface area contributed by atoms with Crippen molar-refractivity contribution in [2.24, 2.45) is 0 Å². The fraction of sp³-hybridized carbons (Fsp3) is 0.143. The average molecular weight is 329 g/mol. The summed E-state index contributed by atoms with van der Waals surface area (Å²) >= 11 is 0. The minimum absolute atomic E-state index is 0.00672. The lowest BCUT2D eigenvalue weighted by Gasteiger charge is -2.27. The van der Waals surface area contributed by atoms with Crippen LogP contribution in [-0.2, 0) is 6.42 Å². The largest absolute Gasteiger partial charge is 0.361 e. The van der Waals surface area contributed by atoms with Crippen molar-refractivity contribution in [2.45, 2.75) is 19.5 Å². The third-order valence-electron chi connectivity index (χ3n) is 4.53. The third kappa shape index (κ3) is 2.76. The van der Waals surface area contributed by atoms with Crippen LogP contribution in [0.3, 0.4) is 0 Å². The summed E-state index contributed by atoms with van der Waals surface area (Å²) in [5, 5.41) is 3.53. The van der Waals surface area contributed by atoms with Crippen LogP contribution in [0.1, 0.15) is 34.6 Å². The minimum atomic E-state index is -0.250. The number of nitrogens with zero attached hydrogens (tertiary/aromatic N) is 2. The van der Waals surface area contributed by atoms with Gasteiger partial charge < -0.3 is 5.32 Å². The zero-order valence-corrected chi connectivity index (χ0v) is 14.0. The number of benzene rings is 2. The van der Waals surface area contributed by atoms with Crippen LogP contribution in [-0.4, -0.2) is 10.9 Å². The first-order valence-corrected chi connectivity index (χ1v) is 8.46. The molecule has 1 N–H and O–H groups in total. The summed E-state index contributed by atoms with van der Waals surface area (Å²) in [6.45, 7) is 2.13. The molecule has 4 heteroatoms. The van der Waals surface area contributed by atoms with E-state index in [2.05, 4.69) is 29.4 Å². The molecule has 2 aromatic carbocycles. The Balaban J connectivity index is 1.77. The van der Waals surface area contributed by atoms with E-state index in [1.54, 1.807) is 17.3 Å². The van der Waals surface area contributed by atoms with Gasteiger partial charge in [0.05, 0.1) is 11.9 Å². The van der Waals surface area contributed by atoms with Crippen molar-refractivity contribution in [3.8, 4) is 0 Å². The molecule has 4 nitrogen and oxygen atoms in total. The van der Waals surface area contributed by atoms with Crippen molar-refractivity contribution in [3.63, 3.8) is 0 Å². The zero-order chi connectivity index (χ0) is 17.2. The molecule has 1 aliphatic rings. The maximum Gasteiger partial charge on any atom is 0.260 e. The Morgan fingerprint density at radius 3 is 2.76 bits per heavy atom. The van der Waals surface area contributed by atoms with Gasteiger partial charge in [0.15, 0.2) is 0 Å². The molecule has 1 atom stereocenters. The van der Waals surface area contributed by atoms with Gasteiger partial charge in [-0.3, -0.25) is 14.7 Å². The molecule has 1 aromatic heterocycles. The Labute approximate surface area is 147 Å². The van der Waals surface area contributed by atoms with E-state index in [9.17, 15) is 4.79 Å². The number of fused-ring (bicyclic) bond motifs is 1. The van der Waals surface area contributed by atoms with E-state index in [0.29, 0.717) is 0 Å². The Kier molecular flexibility index (Phi) is 3.94. The van der Waals surface area contributed by atoms with Crippen molar-refractivity contribution < 1.29 is 4.79 Å². The van der Waals surface area contributed by atoms with Gasteiger partial charge in [0, 0.05) is 23.0 Å². The standard InChI is InChI=1S/C21H19N3O/c1-2-15-7-5-8-16(13-15)23-20-18-10-3-4-11-19(18)21(25)24(20)17-9-6-12-22-14-17/h3-14,20,23H,2H2,1H3/t20-/m0/s1. The molecule has 3 aromatic rings. The molecule has 0 unspecified atom stereocenters. The van der Waals surface area contributed by atoms with Crippen LogP contribution in [0.15, 0.2) is 73.1 Å². The van der Waals surface area contributed by atoms with Crippen LogP contribution in [0.5, 0.6) is 0 Å². The summed E-state index contributed by atoms with van der Waals surface area (Å²) < 4.78 is 0. The van der Waals surface area contributed by atoms with E-state index in [0.717, 1.165) is 28.9 Å². The van der Waals surface area contributed by atoms with Gasteiger partial charge in [-0.05, 0) is 42.3 Å². The van der Waals surface area contributed by atoms with Crippen LogP contribution in [0, 0.1) is 0 Å². The highest BCUT2D eigenvalue weighted by atomic mass is 16.2. The second kappa shape index (κ2) is 6.40. The van der Waals surface area contributed by atoms with E-state index in [1.807, 2.05) is 48.5 Å². The summed E-state index contributed by atoms with van der Waals surface area (Å²) in [7, 11) is 0. The molecule has 0 spiro atoms. The number of pyridine rings is 1. The number of anilines is 2. The summed E-state index contributed by atoms with van der Waals surface area (Å²) in [5.74, 6) is -0.00672. The molecule has 0 aliphatic carbocycles. The maximum absolute atomic E-state index is 13.0. The van der Waals surface area contributed by atoms with Gasteiger partial charge >= 0.3 is 0 Å². The van der Waals surface area contributed by atoms with Gasteiger partial charge in [0.1, 0.15) is 6.17 Å². The fourth-order valence-corrected chi connectivity index (χ4v) is 3.26. The summed E-state index contributed by atoms with van der Waals surface area (Å²) in [5.41, 5.74) is 4.76. The highest BCUT2D eigenvalue weighted by Crippen LogP contribution is 2.37. The van der Waals surface area contributed by atoms with Crippen molar-refractivity contribution in [1.29, 1.82) is 0 Å². The predicted octanol–water partition coefficient (Wildman–Crippen LogP) is 4.42. The van der Waals surface area contributed by atoms with Crippen molar-refractivity contribution in [2.75, 3.05) is 10.2 Å². The lowest BCUT2D eigenvalue weighted by atomic mass is 10.1. The predicted molar refractivity (Wildman–Crippen MR) is 99.7 cm³/mol. The number of carbonyl (C=O) groups excluding carboxylic acids is 1. The average Bonchev–Trinajstić information content (AvgIpc) is 2.95. The van der Waals surface area contributed by atoms with Gasteiger partial charge in [-0.15, -0.1) is 0 Å². The number of aromatic nitrogens is 1. The number of rotatable bonds is 4. The van der Waals surface area contributed by atoms with Gasteiger partial charge in [0.25, 0.3) is 5.91 Å². The van der Waals surface area contributed by atoms with Crippen LogP contribution < -0.4 is 10.2 Å². The molecule has 0 bridgehead atoms. The molecular weight excluding hydrogens is 310 g/mol. The first-order valence-electron chi connectivity index (χ1n) is 8.46. The normalized spacial score (nSPS) is 16.0. The van der Waals surface area contributed by atoms with Gasteiger partial charge in [-0.2, -0.15) is 0 Å². The Hall–Kier alpha value is -3.14. The molecule has 2 heterocycles. The van der Waals surface area contributed by atoms with Crippen LogP contribution in [0.2, 0.25) is 0 Å². The molecule has 0 fully saturated rings. The molecule has 25 heavy (non-hydrogen) atoms. The van der Waals surface area contributed by atoms with E-state index in [1.165, 1.54) is 5.56 Å². The smallest absolute Gasteiger partial charge is 0.260 e. The molecular formula is C21H19N3O. The van der Waals surface area contributed by atoms with Gasteiger partial charge in [0.2, 0.25) is 0 Å². The lowest BCUT2D eigenvalue weighted by molar-refractivity contribution is 0.0993. The maximum atomic E-state index is 13.0. The number of carbonyl (C=O) groups is 1. The third-order valence-corrected chi connectivity index (χ3v) is 4.53. The highest BCUT2D eigenvalue weighted by molar-refractivity contribution is 6.11. The summed E-state index contributed by atoms with van der Waals surface area (Å²) in [6.07, 6.45) is 4.16. The number of hydrogen-bond donors (Lipinski definition) is 1. The fourth-order valence-electron chi connectivity index (χ4n) is 3.26. The van der Waals surface area contributed by atoms with Crippen LogP contribution in [0.4, 0.5) is 11.4 Å². The molecule has 1 aliphatic heterocycles. The monoisotopic (exact) mass is 329 g/mol. The summed E-state index contributed by atoms with van der Waals surface area (Å²) in [4.78, 5) is 18.9. The van der Waals surface area contributed by atoms with Gasteiger partial charge in [-0.1, -0.05) is 37.3 Å². The first-order chi connectivity index (χ1) is 12.3. The Bertz CT molecular complexity index is 908. The van der Waals surface area contributed by atoms with Crippen molar-refractivity contribution in [3.05, 3.63) is 89.7 Å². The van der Waals surface area contributed by atoms with Crippen LogP contribution in [0.25, 0.3) is 0 Å². The minimum Gasteiger partial charge on any atom is -0.361 e. The zero-order valence-electron chi connectivity index (χ0n) is 14.0. The van der Waals surface area contributed by atoms with Crippen LogP contribution >= 0.6 is 0 Å². The Morgan fingerprint density at radius 2 is 1.96 bits per heavy atom. The van der Waals surface area contributed by atoms with Crippen molar-refractivity contribution in [1.82, 2.24) is 4.98 Å². The highest BCUT2D eigenvalue weighted by Gasteiger charge is 2.37. The SMILES string of the molecule is CCc1cccc(N[C@@H]2c3ccccc3C(=O)N2c2cccnc2)c1. The second-order valence-corrected chi connectivity index (χ2v) is 6.07. The van der Waals surface area contributed by atoms with Crippen molar-refractivity contribution >= 4 is 17.3 Å². The number of amides is 1. The molecule has 0 saturated carbocycles. The number of aryl methyl sites for hydroxylation is 1. The topological polar surface area (TPSA) is 45.2 Å². The molecule has 0 saturated heterocycles. The second-order valence-electron chi connectivity index (χ2n) is 6.07. The lowest BCUT2D eigenvalue weighted by Crippen LogP contribution is -2.32. The van der Waals surface area contributed by atoms with Gasteiger partial charge in [-0.25, -0.2) is 0 Å². The molecule has 4 rings (SSSR count). The number of hydrogen-bond acceptors (Lipinski definition) is 3. The van der Waals surface area contributed by atoms with E-state index in [-0.39, 0.29) is 12.1 Å². The molecule has 0 radical (unpaired) electrons. The van der Waals surface area contributed by atoms with E-state index in [4.69, 9.17) is 0 Å². The Morgan fingerprint density at radius 1 is 1.08 bits per heavy atom. The van der Waals surface area contributed by atoms with E-state index >= 15 is 0 Å².